The molecule has 2 heterocycles. The first kappa shape index (κ1) is 32.3. The Morgan fingerprint density at radius 1 is 0.737 bits per heavy atom. The van der Waals surface area contributed by atoms with Crippen molar-refractivity contribution in [1.29, 1.82) is 0 Å². The summed E-state index contributed by atoms with van der Waals surface area (Å²) in [4.78, 5) is 59.0. The van der Waals surface area contributed by atoms with Crippen LogP contribution in [-0.4, -0.2) is 102 Å². The molecule has 2 aliphatic rings. The predicted octanol–water partition coefficient (Wildman–Crippen LogP) is 1.20. The molecule has 0 saturated carbocycles. The zero-order chi connectivity index (χ0) is 28.8. The summed E-state index contributed by atoms with van der Waals surface area (Å²) in [7, 11) is 0. The lowest BCUT2D eigenvalue weighted by molar-refractivity contribution is -0.359. The monoisotopic (exact) mass is 606 g/mol. The predicted molar refractivity (Wildman–Crippen MR) is 127 cm³/mol. The van der Waals surface area contributed by atoms with Crippen LogP contribution in [0.5, 0.6) is 0 Å². The van der Waals surface area contributed by atoms with Gasteiger partial charge in [-0.15, -0.1) is 34.8 Å². The van der Waals surface area contributed by atoms with Crippen molar-refractivity contribution in [1.82, 2.24) is 0 Å². The fraction of sp³-hybridized carbons (Fsp3) is 0.773. The standard InChI is InChI=1S/C22H29Cl3O13/c1-9(26)31-7-15-16(25)18(33-11(3)28)19(34-12(4)29)21(36-15)38-22(8-24)20(35-13(5)30)17(32-10(2)27)14(6-23)37-22/h14-21H,6-8H2,1-5H3/t14-,15+,16+,17+,18-,19-,20+,21+,22+/m0/s1. The van der Waals surface area contributed by atoms with Crippen molar-refractivity contribution in [2.24, 2.45) is 0 Å². The van der Waals surface area contributed by atoms with Crippen LogP contribution < -0.4 is 0 Å². The Kier molecular flexibility index (Phi) is 11.9. The first-order valence-electron chi connectivity index (χ1n) is 11.3. The Labute approximate surface area is 233 Å². The molecule has 16 heteroatoms. The van der Waals surface area contributed by atoms with Gasteiger partial charge in [0.05, 0.1) is 11.8 Å². The van der Waals surface area contributed by atoms with Crippen molar-refractivity contribution in [3.8, 4) is 0 Å². The van der Waals surface area contributed by atoms with E-state index < -0.39 is 96.4 Å². The van der Waals surface area contributed by atoms with Gasteiger partial charge in [0.1, 0.15) is 24.2 Å². The van der Waals surface area contributed by atoms with Crippen LogP contribution in [0.25, 0.3) is 0 Å². The third kappa shape index (κ3) is 8.06. The number of carbonyl (C=O) groups is 5. The maximum Gasteiger partial charge on any atom is 0.303 e. The van der Waals surface area contributed by atoms with Gasteiger partial charge in [-0.2, -0.15) is 0 Å². The van der Waals surface area contributed by atoms with Gasteiger partial charge in [-0.25, -0.2) is 0 Å². The second-order valence-electron chi connectivity index (χ2n) is 8.42. The SMILES string of the molecule is CC(=O)OC[C@H]1O[C@H](O[C@@]2(CCl)O[C@@H](CCl)[C@@H](OC(C)=O)[C@H]2OC(C)=O)[C@@H](OC(C)=O)[C@@H](OC(C)=O)[C@@H]1Cl. The Morgan fingerprint density at radius 2 is 1.26 bits per heavy atom. The Morgan fingerprint density at radius 3 is 1.74 bits per heavy atom. The van der Waals surface area contributed by atoms with Crippen LogP contribution in [0, 0.1) is 0 Å². The highest BCUT2D eigenvalue weighted by atomic mass is 35.5. The molecule has 0 amide bonds. The second kappa shape index (κ2) is 13.9. The van der Waals surface area contributed by atoms with Crippen LogP contribution >= 0.6 is 34.8 Å². The van der Waals surface area contributed by atoms with E-state index in [-0.39, 0.29) is 5.88 Å². The number of halogens is 3. The minimum absolute atomic E-state index is 0.231. The number of alkyl halides is 3. The zero-order valence-corrected chi connectivity index (χ0v) is 23.4. The third-order valence-corrected chi connectivity index (χ3v) is 6.53. The normalized spacial score (nSPS) is 34.6. The van der Waals surface area contributed by atoms with E-state index in [0.717, 1.165) is 34.6 Å². The van der Waals surface area contributed by atoms with E-state index in [9.17, 15) is 24.0 Å². The summed E-state index contributed by atoms with van der Waals surface area (Å²) in [6, 6.07) is 0. The number of rotatable bonds is 10. The summed E-state index contributed by atoms with van der Waals surface area (Å²) in [5.74, 6) is -6.59. The van der Waals surface area contributed by atoms with Gasteiger partial charge in [-0.3, -0.25) is 24.0 Å². The Balaban J connectivity index is 2.55. The summed E-state index contributed by atoms with van der Waals surface area (Å²) < 4.78 is 44.3. The van der Waals surface area contributed by atoms with E-state index in [1.54, 1.807) is 0 Å². The average Bonchev–Trinajstić information content (AvgIpc) is 3.08. The minimum Gasteiger partial charge on any atom is -0.463 e. The van der Waals surface area contributed by atoms with E-state index in [2.05, 4.69) is 0 Å². The van der Waals surface area contributed by atoms with E-state index >= 15 is 0 Å². The van der Waals surface area contributed by atoms with Crippen molar-refractivity contribution in [2.75, 3.05) is 18.4 Å². The second-order valence-corrected chi connectivity index (χ2v) is 9.50. The molecule has 0 bridgehead atoms. The molecular weight excluding hydrogens is 579 g/mol. The van der Waals surface area contributed by atoms with Crippen LogP contribution in [0.4, 0.5) is 0 Å². The van der Waals surface area contributed by atoms with E-state index in [0.29, 0.717) is 0 Å². The van der Waals surface area contributed by atoms with Gasteiger partial charge in [0.25, 0.3) is 0 Å². The van der Waals surface area contributed by atoms with E-state index in [1.165, 1.54) is 0 Å². The Bertz CT molecular complexity index is 902. The molecule has 216 valence electrons. The van der Waals surface area contributed by atoms with E-state index in [1.807, 2.05) is 0 Å². The largest absolute Gasteiger partial charge is 0.463 e. The first-order chi connectivity index (χ1) is 17.7. The molecule has 0 aromatic carbocycles. The van der Waals surface area contributed by atoms with Gasteiger partial charge in [-0.1, -0.05) is 0 Å². The molecule has 0 aromatic heterocycles. The first-order valence-corrected chi connectivity index (χ1v) is 12.8. The Hall–Kier alpha value is -1.90. The van der Waals surface area contributed by atoms with Crippen molar-refractivity contribution < 1.29 is 61.9 Å². The lowest BCUT2D eigenvalue weighted by atomic mass is 10.0. The fourth-order valence-electron chi connectivity index (χ4n) is 3.99. The summed E-state index contributed by atoms with van der Waals surface area (Å²) in [6.07, 6.45) is -9.38. The minimum atomic E-state index is -2.07. The molecule has 0 aromatic rings. The van der Waals surface area contributed by atoms with E-state index in [4.69, 9.17) is 72.7 Å². The maximum absolute atomic E-state index is 12.0. The molecule has 0 radical (unpaired) electrons. The summed E-state index contributed by atoms with van der Waals surface area (Å²) in [5, 5.41) is -1.17. The quantitative estimate of drug-likeness (QED) is 0.198. The highest BCUT2D eigenvalue weighted by Crippen LogP contribution is 2.42. The maximum atomic E-state index is 12.0. The topological polar surface area (TPSA) is 159 Å². The molecule has 0 unspecified atom stereocenters. The van der Waals surface area contributed by atoms with Crippen LogP contribution in [0.3, 0.4) is 0 Å². The number of hydrogen-bond donors (Lipinski definition) is 0. The van der Waals surface area contributed by atoms with Crippen molar-refractivity contribution in [3.05, 3.63) is 0 Å². The van der Waals surface area contributed by atoms with Crippen molar-refractivity contribution in [2.45, 2.75) is 88.7 Å². The molecule has 38 heavy (non-hydrogen) atoms. The van der Waals surface area contributed by atoms with Crippen LogP contribution in [0.15, 0.2) is 0 Å². The zero-order valence-electron chi connectivity index (χ0n) is 21.2. The van der Waals surface area contributed by atoms with Crippen molar-refractivity contribution in [3.63, 3.8) is 0 Å². The molecule has 13 nitrogen and oxygen atoms in total. The van der Waals surface area contributed by atoms with Gasteiger partial charge < -0.3 is 37.9 Å². The average molecular weight is 608 g/mol. The fourth-order valence-corrected chi connectivity index (χ4v) is 4.83. The summed E-state index contributed by atoms with van der Waals surface area (Å²) in [5.41, 5.74) is 0. The summed E-state index contributed by atoms with van der Waals surface area (Å²) >= 11 is 18.8. The lowest BCUT2D eigenvalue weighted by Crippen LogP contribution is -2.63. The van der Waals surface area contributed by atoms with Gasteiger partial charge >= 0.3 is 29.8 Å². The molecular formula is C22H29Cl3O13. The third-order valence-electron chi connectivity index (χ3n) is 5.32. The van der Waals surface area contributed by atoms with Gasteiger partial charge in [0.2, 0.25) is 12.1 Å². The molecule has 2 saturated heterocycles. The van der Waals surface area contributed by atoms with Crippen LogP contribution in [0.2, 0.25) is 0 Å². The summed E-state index contributed by atoms with van der Waals surface area (Å²) in [6.45, 7) is 5.18. The molecule has 0 aliphatic carbocycles. The molecule has 2 rings (SSSR count). The van der Waals surface area contributed by atoms with Crippen LogP contribution in [0.1, 0.15) is 34.6 Å². The number of carbonyl (C=O) groups excluding carboxylic acids is 5. The molecule has 2 aliphatic heterocycles. The molecule has 0 spiro atoms. The highest BCUT2D eigenvalue weighted by molar-refractivity contribution is 6.21. The molecule has 9 atom stereocenters. The number of esters is 5. The van der Waals surface area contributed by atoms with Gasteiger partial charge in [0, 0.05) is 34.6 Å². The number of hydrogen-bond acceptors (Lipinski definition) is 13. The van der Waals surface area contributed by atoms with Crippen molar-refractivity contribution >= 4 is 64.6 Å². The van der Waals surface area contributed by atoms with Crippen LogP contribution in [-0.2, 0) is 61.9 Å². The molecule has 0 N–H and O–H groups in total. The van der Waals surface area contributed by atoms with Gasteiger partial charge in [0.15, 0.2) is 24.4 Å². The lowest BCUT2D eigenvalue weighted by Gasteiger charge is -2.45. The number of ether oxygens (including phenoxy) is 8. The van der Waals surface area contributed by atoms with Gasteiger partial charge in [-0.05, 0) is 0 Å². The highest BCUT2D eigenvalue weighted by Gasteiger charge is 2.63. The smallest absolute Gasteiger partial charge is 0.303 e. The molecule has 2 fully saturated rings.